The van der Waals surface area contributed by atoms with E-state index in [1.54, 1.807) is 0 Å². The molecule has 1 saturated carbocycles. The van der Waals surface area contributed by atoms with E-state index in [2.05, 4.69) is 47.9 Å². The monoisotopic (exact) mass is 302 g/mol. The first kappa shape index (κ1) is 17.0. The standard InChI is InChI=1S/C19H30N2O/c1-15-10-12-19(13-11-15,16-8-6-5-7-9-16)14-21-17(22)18(2,3)20-4/h5-9,15,20H,10-14H2,1-4H3,(H,21,22). The SMILES string of the molecule is CNC(C)(C)C(=O)NCC1(c2ccccc2)CCC(C)CC1. The lowest BCUT2D eigenvalue weighted by molar-refractivity contribution is -0.126. The van der Waals surface area contributed by atoms with Crippen molar-refractivity contribution in [2.45, 2.75) is 57.4 Å². The van der Waals surface area contributed by atoms with Gasteiger partial charge in [-0.3, -0.25) is 4.79 Å². The summed E-state index contributed by atoms with van der Waals surface area (Å²) in [6.45, 7) is 6.90. The van der Waals surface area contributed by atoms with E-state index >= 15 is 0 Å². The van der Waals surface area contributed by atoms with Gasteiger partial charge in [0.1, 0.15) is 0 Å². The van der Waals surface area contributed by atoms with Gasteiger partial charge in [-0.2, -0.15) is 0 Å². The molecule has 0 aromatic heterocycles. The first-order valence-corrected chi connectivity index (χ1v) is 8.42. The maximum Gasteiger partial charge on any atom is 0.239 e. The highest BCUT2D eigenvalue weighted by Crippen LogP contribution is 2.41. The van der Waals surface area contributed by atoms with Crippen molar-refractivity contribution < 1.29 is 4.79 Å². The van der Waals surface area contributed by atoms with Crippen LogP contribution in [0.15, 0.2) is 30.3 Å². The zero-order chi connectivity index (χ0) is 16.2. The molecule has 0 saturated heterocycles. The molecule has 122 valence electrons. The number of hydrogen-bond acceptors (Lipinski definition) is 2. The molecule has 0 bridgehead atoms. The van der Waals surface area contributed by atoms with Crippen molar-refractivity contribution in [3.05, 3.63) is 35.9 Å². The van der Waals surface area contributed by atoms with Crippen LogP contribution in [-0.2, 0) is 10.2 Å². The highest BCUT2D eigenvalue weighted by molar-refractivity contribution is 5.85. The van der Waals surface area contributed by atoms with Gasteiger partial charge < -0.3 is 10.6 Å². The Kier molecular flexibility index (Phi) is 5.28. The van der Waals surface area contributed by atoms with Crippen LogP contribution < -0.4 is 10.6 Å². The first-order valence-electron chi connectivity index (χ1n) is 8.42. The van der Waals surface area contributed by atoms with Crippen LogP contribution in [0.25, 0.3) is 0 Å². The molecule has 3 heteroatoms. The Bertz CT molecular complexity index is 487. The van der Waals surface area contributed by atoms with Gasteiger partial charge in [0.15, 0.2) is 0 Å². The summed E-state index contributed by atoms with van der Waals surface area (Å²) in [4.78, 5) is 12.4. The zero-order valence-electron chi connectivity index (χ0n) is 14.4. The van der Waals surface area contributed by atoms with E-state index in [4.69, 9.17) is 0 Å². The molecule has 22 heavy (non-hydrogen) atoms. The van der Waals surface area contributed by atoms with Gasteiger partial charge in [0.2, 0.25) is 5.91 Å². The van der Waals surface area contributed by atoms with Gasteiger partial charge in [0.05, 0.1) is 5.54 Å². The number of hydrogen-bond donors (Lipinski definition) is 2. The number of benzene rings is 1. The fraction of sp³-hybridized carbons (Fsp3) is 0.632. The van der Waals surface area contributed by atoms with Gasteiger partial charge in [0.25, 0.3) is 0 Å². The lowest BCUT2D eigenvalue weighted by Crippen LogP contribution is -2.54. The van der Waals surface area contributed by atoms with Crippen molar-refractivity contribution in [3.8, 4) is 0 Å². The molecule has 0 atom stereocenters. The van der Waals surface area contributed by atoms with E-state index < -0.39 is 5.54 Å². The van der Waals surface area contributed by atoms with Gasteiger partial charge in [-0.15, -0.1) is 0 Å². The highest BCUT2D eigenvalue weighted by Gasteiger charge is 2.37. The molecule has 2 rings (SSSR count). The summed E-state index contributed by atoms with van der Waals surface area (Å²) in [7, 11) is 1.83. The molecule has 3 nitrogen and oxygen atoms in total. The third-order valence-electron chi connectivity index (χ3n) is 5.40. The third kappa shape index (κ3) is 3.70. The van der Waals surface area contributed by atoms with Crippen molar-refractivity contribution in [2.24, 2.45) is 5.92 Å². The predicted molar refractivity (Wildman–Crippen MR) is 91.9 cm³/mol. The number of carbonyl (C=O) groups is 1. The molecule has 1 aromatic carbocycles. The molecular formula is C19H30N2O. The fourth-order valence-electron chi connectivity index (χ4n) is 3.26. The van der Waals surface area contributed by atoms with Crippen molar-refractivity contribution in [1.29, 1.82) is 0 Å². The molecule has 1 aromatic rings. The zero-order valence-corrected chi connectivity index (χ0v) is 14.4. The second-order valence-electron chi connectivity index (χ2n) is 7.39. The minimum absolute atomic E-state index is 0.0731. The second-order valence-corrected chi connectivity index (χ2v) is 7.39. The first-order chi connectivity index (χ1) is 10.4. The third-order valence-corrected chi connectivity index (χ3v) is 5.40. The van der Waals surface area contributed by atoms with E-state index in [1.165, 1.54) is 18.4 Å². The molecule has 0 aliphatic heterocycles. The Morgan fingerprint density at radius 1 is 1.23 bits per heavy atom. The Labute approximate surface area is 134 Å². The van der Waals surface area contributed by atoms with Gasteiger partial charge >= 0.3 is 0 Å². The van der Waals surface area contributed by atoms with E-state index in [0.717, 1.165) is 25.3 Å². The average molecular weight is 302 g/mol. The van der Waals surface area contributed by atoms with E-state index in [9.17, 15) is 4.79 Å². The topological polar surface area (TPSA) is 41.1 Å². The van der Waals surface area contributed by atoms with Crippen LogP contribution in [0.3, 0.4) is 0 Å². The largest absolute Gasteiger partial charge is 0.354 e. The molecule has 0 radical (unpaired) electrons. The maximum absolute atomic E-state index is 12.4. The van der Waals surface area contributed by atoms with Crippen molar-refractivity contribution in [1.82, 2.24) is 10.6 Å². The number of likely N-dealkylation sites (N-methyl/N-ethyl adjacent to an activating group) is 1. The van der Waals surface area contributed by atoms with Gasteiger partial charge in [-0.25, -0.2) is 0 Å². The minimum Gasteiger partial charge on any atom is -0.354 e. The van der Waals surface area contributed by atoms with Crippen LogP contribution in [0.2, 0.25) is 0 Å². The van der Waals surface area contributed by atoms with Crippen LogP contribution in [-0.4, -0.2) is 25.0 Å². The van der Waals surface area contributed by atoms with E-state index in [1.807, 2.05) is 20.9 Å². The van der Waals surface area contributed by atoms with Crippen LogP contribution in [0, 0.1) is 5.92 Å². The highest BCUT2D eigenvalue weighted by atomic mass is 16.2. The molecule has 0 spiro atoms. The summed E-state index contributed by atoms with van der Waals surface area (Å²) in [6.07, 6.45) is 4.78. The Balaban J connectivity index is 2.15. The number of carbonyl (C=O) groups excluding carboxylic acids is 1. The predicted octanol–water partition coefficient (Wildman–Crippen LogP) is 3.25. The average Bonchev–Trinajstić information content (AvgIpc) is 2.55. The lowest BCUT2D eigenvalue weighted by Gasteiger charge is -2.41. The summed E-state index contributed by atoms with van der Waals surface area (Å²) in [5, 5.41) is 6.27. The second kappa shape index (κ2) is 6.82. The summed E-state index contributed by atoms with van der Waals surface area (Å²) < 4.78 is 0. The quantitative estimate of drug-likeness (QED) is 0.876. The lowest BCUT2D eigenvalue weighted by atomic mass is 9.67. The van der Waals surface area contributed by atoms with E-state index in [0.29, 0.717) is 0 Å². The molecular weight excluding hydrogens is 272 g/mol. The smallest absolute Gasteiger partial charge is 0.239 e. The minimum atomic E-state index is -0.528. The molecule has 1 aliphatic rings. The van der Waals surface area contributed by atoms with Gasteiger partial charge in [-0.1, -0.05) is 37.3 Å². The summed E-state index contributed by atoms with van der Waals surface area (Å²) in [6, 6.07) is 10.7. The molecule has 2 N–H and O–H groups in total. The molecule has 0 unspecified atom stereocenters. The van der Waals surface area contributed by atoms with Crippen LogP contribution in [0.5, 0.6) is 0 Å². The van der Waals surface area contributed by atoms with Crippen LogP contribution in [0.1, 0.15) is 52.0 Å². The summed E-state index contributed by atoms with van der Waals surface area (Å²) in [5.74, 6) is 0.866. The number of nitrogens with one attached hydrogen (secondary N) is 2. The number of amides is 1. The molecule has 1 fully saturated rings. The maximum atomic E-state index is 12.4. The van der Waals surface area contributed by atoms with Crippen molar-refractivity contribution >= 4 is 5.91 Å². The number of rotatable bonds is 5. The molecule has 1 amide bonds. The fourth-order valence-corrected chi connectivity index (χ4v) is 3.26. The normalized spacial score (nSPS) is 25.7. The van der Waals surface area contributed by atoms with Gasteiger partial charge in [0, 0.05) is 12.0 Å². The van der Waals surface area contributed by atoms with E-state index in [-0.39, 0.29) is 11.3 Å². The Morgan fingerprint density at radius 3 is 2.36 bits per heavy atom. The summed E-state index contributed by atoms with van der Waals surface area (Å²) >= 11 is 0. The molecule has 0 heterocycles. The van der Waals surface area contributed by atoms with Crippen LogP contribution in [0.4, 0.5) is 0 Å². The molecule has 1 aliphatic carbocycles. The van der Waals surface area contributed by atoms with Crippen molar-refractivity contribution in [3.63, 3.8) is 0 Å². The Hall–Kier alpha value is -1.35. The van der Waals surface area contributed by atoms with Gasteiger partial charge in [-0.05, 0) is 58.1 Å². The Morgan fingerprint density at radius 2 is 1.82 bits per heavy atom. The summed E-state index contributed by atoms with van der Waals surface area (Å²) in [5.41, 5.74) is 0.928. The van der Waals surface area contributed by atoms with Crippen LogP contribution >= 0.6 is 0 Å². The van der Waals surface area contributed by atoms with Crippen molar-refractivity contribution in [2.75, 3.05) is 13.6 Å².